The van der Waals surface area contributed by atoms with E-state index < -0.39 is 76.3 Å². The Morgan fingerprint density at radius 3 is 2.56 bits per heavy atom. The van der Waals surface area contributed by atoms with Crippen molar-refractivity contribution >= 4 is 11.6 Å². The number of aliphatic hydroxyl groups excluding tert-OH is 2. The summed E-state index contributed by atoms with van der Waals surface area (Å²) < 4.78 is 44.8. The monoisotopic (exact) mass is 452 g/mol. The van der Waals surface area contributed by atoms with E-state index in [0.29, 0.717) is 0 Å². The van der Waals surface area contributed by atoms with E-state index in [0.717, 1.165) is 6.08 Å². The Kier molecular flexibility index (Phi) is 4.42. The van der Waals surface area contributed by atoms with E-state index in [-0.39, 0.29) is 24.8 Å². The van der Waals surface area contributed by atoms with Crippen LogP contribution in [-0.4, -0.2) is 63.8 Å². The van der Waals surface area contributed by atoms with Crippen molar-refractivity contribution in [1.82, 2.24) is 0 Å². The van der Waals surface area contributed by atoms with Crippen molar-refractivity contribution in [2.24, 2.45) is 22.7 Å². The molecule has 2 N–H and O–H groups in total. The Labute approximate surface area is 185 Å². The van der Waals surface area contributed by atoms with Gasteiger partial charge in [-0.1, -0.05) is 13.0 Å². The molecule has 0 aromatic rings. The number of hydrogen-bond donors (Lipinski definition) is 2. The van der Waals surface area contributed by atoms with E-state index in [1.54, 1.807) is 20.8 Å². The Balaban J connectivity index is 1.66. The van der Waals surface area contributed by atoms with Gasteiger partial charge in [0, 0.05) is 16.7 Å². The first-order chi connectivity index (χ1) is 14.8. The molecule has 176 valence electrons. The van der Waals surface area contributed by atoms with Crippen LogP contribution in [0, 0.1) is 22.7 Å². The van der Waals surface area contributed by atoms with E-state index >= 15 is 8.78 Å². The Hall–Kier alpha value is -1.48. The van der Waals surface area contributed by atoms with Gasteiger partial charge in [0.1, 0.15) is 12.8 Å². The number of carbonyl (C=O) groups is 2. The lowest BCUT2D eigenvalue weighted by Gasteiger charge is -2.63. The lowest BCUT2D eigenvalue weighted by atomic mass is 9.44. The van der Waals surface area contributed by atoms with Gasteiger partial charge in [-0.05, 0) is 63.7 Å². The summed E-state index contributed by atoms with van der Waals surface area (Å²) in [4.78, 5) is 25.1. The minimum atomic E-state index is -2.24. The number of aliphatic hydroxyl groups is 2. The highest BCUT2D eigenvalue weighted by Gasteiger charge is 2.80. The number of halogens is 2. The summed E-state index contributed by atoms with van der Waals surface area (Å²) in [6.07, 6.45) is -0.151. The molecular formula is C24H30F2O6. The lowest BCUT2D eigenvalue weighted by molar-refractivity contribution is -0.248. The summed E-state index contributed by atoms with van der Waals surface area (Å²) in [6.45, 7) is 5.87. The number of ether oxygens (including phenoxy) is 2. The molecule has 4 aliphatic carbocycles. The summed E-state index contributed by atoms with van der Waals surface area (Å²) in [6, 6.07) is 0. The van der Waals surface area contributed by atoms with Gasteiger partial charge in [0.05, 0.1) is 12.2 Å². The summed E-state index contributed by atoms with van der Waals surface area (Å²) in [7, 11) is 0. The summed E-state index contributed by atoms with van der Waals surface area (Å²) >= 11 is 0. The molecule has 8 heteroatoms. The second-order valence-electron chi connectivity index (χ2n) is 11.0. The molecule has 3 saturated carbocycles. The number of ketones is 2. The smallest absolute Gasteiger partial charge is 0.193 e. The molecule has 9 atom stereocenters. The second-order valence-corrected chi connectivity index (χ2v) is 11.0. The molecule has 0 aromatic heterocycles. The van der Waals surface area contributed by atoms with Crippen molar-refractivity contribution in [2.45, 2.75) is 82.4 Å². The van der Waals surface area contributed by atoms with Crippen molar-refractivity contribution < 1.29 is 38.1 Å². The summed E-state index contributed by atoms with van der Waals surface area (Å²) in [5.41, 5.74) is -6.30. The zero-order chi connectivity index (χ0) is 23.5. The van der Waals surface area contributed by atoms with Crippen LogP contribution in [0.3, 0.4) is 0 Å². The van der Waals surface area contributed by atoms with Gasteiger partial charge in [-0.25, -0.2) is 8.78 Å². The van der Waals surface area contributed by atoms with Crippen LogP contribution < -0.4 is 0 Å². The van der Waals surface area contributed by atoms with Crippen LogP contribution in [0.4, 0.5) is 8.78 Å². The van der Waals surface area contributed by atoms with Gasteiger partial charge in [-0.3, -0.25) is 9.59 Å². The van der Waals surface area contributed by atoms with E-state index in [9.17, 15) is 19.8 Å². The predicted molar refractivity (Wildman–Crippen MR) is 109 cm³/mol. The molecule has 0 bridgehead atoms. The molecular weight excluding hydrogens is 422 g/mol. The maximum Gasteiger partial charge on any atom is 0.193 e. The van der Waals surface area contributed by atoms with Gasteiger partial charge in [0.25, 0.3) is 0 Å². The van der Waals surface area contributed by atoms with Gasteiger partial charge in [0.2, 0.25) is 0 Å². The number of carbonyl (C=O) groups excluding carboxylic acids is 2. The van der Waals surface area contributed by atoms with Crippen molar-refractivity contribution in [1.29, 1.82) is 0 Å². The molecule has 0 aromatic carbocycles. The van der Waals surface area contributed by atoms with Crippen LogP contribution >= 0.6 is 0 Å². The third-order valence-electron chi connectivity index (χ3n) is 9.18. The predicted octanol–water partition coefficient (Wildman–Crippen LogP) is 2.37. The first-order valence-electron chi connectivity index (χ1n) is 11.3. The van der Waals surface area contributed by atoms with E-state index in [1.807, 2.05) is 0 Å². The first kappa shape index (κ1) is 22.3. The van der Waals surface area contributed by atoms with Crippen LogP contribution in [0.25, 0.3) is 0 Å². The Morgan fingerprint density at radius 1 is 1.22 bits per heavy atom. The molecule has 5 rings (SSSR count). The minimum absolute atomic E-state index is 0.0550. The quantitative estimate of drug-likeness (QED) is 0.668. The van der Waals surface area contributed by atoms with E-state index in [4.69, 9.17) is 9.47 Å². The van der Waals surface area contributed by atoms with Crippen molar-refractivity contribution in [3.63, 3.8) is 0 Å². The van der Waals surface area contributed by atoms with E-state index in [1.165, 1.54) is 19.1 Å². The number of rotatable bonds is 2. The summed E-state index contributed by atoms with van der Waals surface area (Å²) in [5.74, 6) is -3.53. The molecule has 0 spiro atoms. The van der Waals surface area contributed by atoms with Crippen molar-refractivity contribution in [3.8, 4) is 0 Å². The molecule has 4 fully saturated rings. The Morgan fingerprint density at radius 2 is 1.91 bits per heavy atom. The number of Topliss-reactive ketones (excluding diaryl/α,β-unsaturated/α-hetero) is 1. The minimum Gasteiger partial charge on any atom is -0.390 e. The maximum atomic E-state index is 17.1. The number of hydrogen-bond acceptors (Lipinski definition) is 6. The standard InChI is InChI=1S/C24H30F2O6/c1-20(2)31-19-9-13-14-8-16(25)15-7-12(28)5-6-21(15,3)23(14,26)17(29)10-22(13,4)24(19,32-20)18(30)11-27/h5-7,13-14,16-17,19,27,29H,8-11H2,1-4H3/t13-,14+,16-,17-,19-,21+,22-,23+,24+/m1/s1. The number of fused-ring (bicyclic) bond motifs is 7. The van der Waals surface area contributed by atoms with Crippen LogP contribution in [0.2, 0.25) is 0 Å². The number of alkyl halides is 2. The average Bonchev–Trinajstić information content (AvgIpc) is 3.11. The van der Waals surface area contributed by atoms with Gasteiger partial charge in [0.15, 0.2) is 28.6 Å². The van der Waals surface area contributed by atoms with Crippen molar-refractivity contribution in [2.75, 3.05) is 6.61 Å². The second kappa shape index (κ2) is 6.34. The molecule has 1 aliphatic heterocycles. The highest BCUT2D eigenvalue weighted by Crippen LogP contribution is 2.72. The average molecular weight is 452 g/mol. The zero-order valence-electron chi connectivity index (χ0n) is 18.7. The molecule has 6 nitrogen and oxygen atoms in total. The number of allylic oxidation sites excluding steroid dienone is 4. The lowest BCUT2D eigenvalue weighted by Crippen LogP contribution is -2.71. The van der Waals surface area contributed by atoms with Crippen molar-refractivity contribution in [3.05, 3.63) is 23.8 Å². The third-order valence-corrected chi connectivity index (χ3v) is 9.18. The van der Waals surface area contributed by atoms with Gasteiger partial charge >= 0.3 is 0 Å². The van der Waals surface area contributed by atoms with Crippen LogP contribution in [0.5, 0.6) is 0 Å². The fraction of sp³-hybridized carbons (Fsp3) is 0.750. The SMILES string of the molecule is CC1(C)O[C@@H]2C[C@@H]3[C@@H]4C[C@@H](F)C5=CC(=O)C=C[C@]5(C)[C@@]4(F)[C@H](O)C[C@@]3(C)[C@@]2(C(=O)CO)O1. The van der Waals surface area contributed by atoms with Crippen LogP contribution in [-0.2, 0) is 19.1 Å². The zero-order valence-corrected chi connectivity index (χ0v) is 18.7. The third kappa shape index (κ3) is 2.32. The Bertz CT molecular complexity index is 960. The molecule has 5 aliphatic rings. The topological polar surface area (TPSA) is 93.1 Å². The normalized spacial score (nSPS) is 53.2. The van der Waals surface area contributed by atoms with Crippen LogP contribution in [0.1, 0.15) is 47.0 Å². The molecule has 1 heterocycles. The summed E-state index contributed by atoms with van der Waals surface area (Å²) in [5, 5.41) is 21.1. The van der Waals surface area contributed by atoms with Gasteiger partial charge in [-0.2, -0.15) is 0 Å². The molecule has 1 saturated heterocycles. The molecule has 0 radical (unpaired) electrons. The van der Waals surface area contributed by atoms with Gasteiger partial charge < -0.3 is 19.7 Å². The van der Waals surface area contributed by atoms with E-state index in [2.05, 4.69) is 0 Å². The van der Waals surface area contributed by atoms with Crippen LogP contribution in [0.15, 0.2) is 23.8 Å². The molecule has 32 heavy (non-hydrogen) atoms. The molecule has 0 unspecified atom stereocenters. The molecule has 0 amide bonds. The maximum absolute atomic E-state index is 17.1. The highest BCUT2D eigenvalue weighted by atomic mass is 19.1. The largest absolute Gasteiger partial charge is 0.390 e. The fourth-order valence-corrected chi connectivity index (χ4v) is 7.92. The van der Waals surface area contributed by atoms with Gasteiger partial charge in [-0.15, -0.1) is 0 Å². The highest BCUT2D eigenvalue weighted by molar-refractivity contribution is 6.01. The first-order valence-corrected chi connectivity index (χ1v) is 11.3. The fourth-order valence-electron chi connectivity index (χ4n) is 7.92.